The van der Waals surface area contributed by atoms with Crippen molar-refractivity contribution in [1.29, 1.82) is 0 Å². The molecule has 0 radical (unpaired) electrons. The molecule has 4 saturated carbocycles. The van der Waals surface area contributed by atoms with E-state index in [4.69, 9.17) is 0 Å². The average molecular weight is 270 g/mol. The van der Waals surface area contributed by atoms with E-state index in [-0.39, 0.29) is 0 Å². The Morgan fingerprint density at radius 1 is 1.05 bits per heavy atom. The van der Waals surface area contributed by atoms with Gasteiger partial charge in [0.05, 0.1) is 0 Å². The zero-order chi connectivity index (χ0) is 13.7. The largest absolute Gasteiger partial charge is 0.481 e. The normalized spacial score (nSPS) is 41.8. The fourth-order valence-electron chi connectivity index (χ4n) is 5.76. The van der Waals surface area contributed by atoms with Gasteiger partial charge in [-0.2, -0.15) is 0 Å². The van der Waals surface area contributed by atoms with Crippen LogP contribution in [-0.2, 0) is 4.79 Å². The van der Waals surface area contributed by atoms with E-state index in [9.17, 15) is 9.90 Å². The van der Waals surface area contributed by atoms with Crippen molar-refractivity contribution in [3.05, 3.63) is 35.9 Å². The minimum absolute atomic E-state index is 0.387. The van der Waals surface area contributed by atoms with Crippen LogP contribution in [0.5, 0.6) is 0 Å². The highest BCUT2D eigenvalue weighted by Crippen LogP contribution is 2.62. The van der Waals surface area contributed by atoms with Gasteiger partial charge in [-0.15, -0.1) is 0 Å². The smallest absolute Gasteiger partial charge is 0.303 e. The van der Waals surface area contributed by atoms with Crippen LogP contribution in [0.4, 0.5) is 0 Å². The van der Waals surface area contributed by atoms with Crippen LogP contribution >= 0.6 is 0 Å². The van der Waals surface area contributed by atoms with E-state index >= 15 is 0 Å². The van der Waals surface area contributed by atoms with Gasteiger partial charge in [0.15, 0.2) is 0 Å². The molecule has 20 heavy (non-hydrogen) atoms. The highest BCUT2D eigenvalue weighted by Gasteiger charge is 2.53. The van der Waals surface area contributed by atoms with Crippen LogP contribution in [0.15, 0.2) is 30.3 Å². The molecule has 4 fully saturated rings. The maximum atomic E-state index is 11.2. The molecule has 106 valence electrons. The van der Waals surface area contributed by atoms with Gasteiger partial charge in [0.25, 0.3) is 0 Å². The molecule has 6 atom stereocenters. The molecule has 2 heteroatoms. The van der Waals surface area contributed by atoms with Crippen molar-refractivity contribution < 1.29 is 9.90 Å². The highest BCUT2D eigenvalue weighted by atomic mass is 16.4. The maximum Gasteiger partial charge on any atom is 0.303 e. The molecule has 1 aromatic rings. The molecule has 2 nitrogen and oxygen atoms in total. The van der Waals surface area contributed by atoms with Gasteiger partial charge < -0.3 is 5.11 Å². The van der Waals surface area contributed by atoms with Crippen molar-refractivity contribution in [3.63, 3.8) is 0 Å². The Hall–Kier alpha value is -1.31. The van der Waals surface area contributed by atoms with Crippen molar-refractivity contribution >= 4 is 5.97 Å². The van der Waals surface area contributed by atoms with Crippen LogP contribution in [0.25, 0.3) is 0 Å². The number of carboxylic acids is 1. The van der Waals surface area contributed by atoms with E-state index in [0.29, 0.717) is 30.1 Å². The summed E-state index contributed by atoms with van der Waals surface area (Å²) in [5.74, 6) is 3.44. The van der Waals surface area contributed by atoms with Gasteiger partial charge in [0.2, 0.25) is 0 Å². The molecule has 1 N–H and O–H groups in total. The van der Waals surface area contributed by atoms with Gasteiger partial charge in [0.1, 0.15) is 0 Å². The second-order valence-electron chi connectivity index (χ2n) is 7.19. The summed E-state index contributed by atoms with van der Waals surface area (Å²) in [6.45, 7) is 0. The first kappa shape index (κ1) is 12.4. The van der Waals surface area contributed by atoms with Crippen LogP contribution in [0.1, 0.15) is 43.6 Å². The van der Waals surface area contributed by atoms with E-state index in [1.54, 1.807) is 0 Å². The Bertz CT molecular complexity index is 509. The molecular weight excluding hydrogens is 248 g/mol. The van der Waals surface area contributed by atoms with Crippen molar-refractivity contribution in [1.82, 2.24) is 0 Å². The monoisotopic (exact) mass is 270 g/mol. The van der Waals surface area contributed by atoms with Gasteiger partial charge in [-0.3, -0.25) is 4.79 Å². The van der Waals surface area contributed by atoms with E-state index < -0.39 is 5.97 Å². The third kappa shape index (κ3) is 1.88. The fraction of sp³-hybridized carbons (Fsp3) is 0.611. The predicted octanol–water partition coefficient (Wildman–Crippen LogP) is 3.93. The minimum Gasteiger partial charge on any atom is -0.481 e. The molecule has 0 amide bonds. The lowest BCUT2D eigenvalue weighted by molar-refractivity contribution is -0.143. The standard InChI is InChI=1S/C18H22O2/c19-17(20)10-15-13-6-11-7-14(9-13)18(16(15)8-11)12-4-2-1-3-5-12/h1-5,11,13-16,18H,6-10H2,(H,19,20). The molecular formula is C18H22O2. The summed E-state index contributed by atoms with van der Waals surface area (Å²) in [5.41, 5.74) is 1.46. The first-order valence-corrected chi connectivity index (χ1v) is 7.99. The summed E-state index contributed by atoms with van der Waals surface area (Å²) in [6.07, 6.45) is 5.60. The molecule has 5 rings (SSSR count). The van der Waals surface area contributed by atoms with Crippen molar-refractivity contribution in [2.24, 2.45) is 29.6 Å². The number of hydrogen-bond donors (Lipinski definition) is 1. The Balaban J connectivity index is 1.68. The van der Waals surface area contributed by atoms with Crippen LogP contribution in [0.3, 0.4) is 0 Å². The minimum atomic E-state index is -0.603. The molecule has 0 saturated heterocycles. The second kappa shape index (κ2) is 4.61. The van der Waals surface area contributed by atoms with Crippen molar-refractivity contribution in [2.75, 3.05) is 0 Å². The first-order chi connectivity index (χ1) is 9.72. The average Bonchev–Trinajstić information content (AvgIpc) is 2.43. The summed E-state index contributed by atoms with van der Waals surface area (Å²) in [6, 6.07) is 10.9. The molecule has 0 aromatic heterocycles. The lowest BCUT2D eigenvalue weighted by Crippen LogP contribution is -2.50. The Morgan fingerprint density at radius 3 is 2.55 bits per heavy atom. The zero-order valence-electron chi connectivity index (χ0n) is 11.7. The summed E-state index contributed by atoms with van der Waals surface area (Å²) >= 11 is 0. The van der Waals surface area contributed by atoms with Gasteiger partial charge >= 0.3 is 5.97 Å². The van der Waals surface area contributed by atoms with Crippen LogP contribution < -0.4 is 0 Å². The summed E-state index contributed by atoms with van der Waals surface area (Å²) in [7, 11) is 0. The van der Waals surface area contributed by atoms with Crippen LogP contribution in [0, 0.1) is 29.6 Å². The molecule has 4 aliphatic carbocycles. The molecule has 0 aliphatic heterocycles. The van der Waals surface area contributed by atoms with Gasteiger partial charge in [0, 0.05) is 6.42 Å². The number of rotatable bonds is 3. The zero-order valence-corrected chi connectivity index (χ0v) is 11.7. The van der Waals surface area contributed by atoms with Crippen LogP contribution in [-0.4, -0.2) is 11.1 Å². The second-order valence-corrected chi connectivity index (χ2v) is 7.19. The number of hydrogen-bond acceptors (Lipinski definition) is 1. The number of aliphatic carboxylic acids is 1. The fourth-order valence-corrected chi connectivity index (χ4v) is 5.76. The maximum absolute atomic E-state index is 11.2. The summed E-state index contributed by atoms with van der Waals surface area (Å²) < 4.78 is 0. The van der Waals surface area contributed by atoms with Crippen LogP contribution in [0.2, 0.25) is 0 Å². The van der Waals surface area contributed by atoms with E-state index in [1.807, 2.05) is 0 Å². The van der Waals surface area contributed by atoms with E-state index in [0.717, 1.165) is 11.8 Å². The SMILES string of the molecule is O=C(O)CC1C2CC3CC(C2)C(c2ccccc2)C1C3. The predicted molar refractivity (Wildman–Crippen MR) is 77.4 cm³/mol. The molecule has 4 bridgehead atoms. The molecule has 4 aliphatic rings. The quantitative estimate of drug-likeness (QED) is 0.903. The summed E-state index contributed by atoms with van der Waals surface area (Å²) in [4.78, 5) is 11.2. The Kier molecular flexibility index (Phi) is 2.87. The highest BCUT2D eigenvalue weighted by molar-refractivity contribution is 5.67. The Morgan fingerprint density at radius 2 is 1.80 bits per heavy atom. The third-order valence-corrected chi connectivity index (χ3v) is 6.20. The molecule has 0 spiro atoms. The molecule has 0 heterocycles. The first-order valence-electron chi connectivity index (χ1n) is 7.99. The van der Waals surface area contributed by atoms with Gasteiger partial charge in [-0.1, -0.05) is 30.3 Å². The Labute approximate surface area is 120 Å². The molecule has 1 aromatic carbocycles. The van der Waals surface area contributed by atoms with E-state index in [2.05, 4.69) is 30.3 Å². The van der Waals surface area contributed by atoms with Crippen molar-refractivity contribution in [3.8, 4) is 0 Å². The molecule has 6 unspecified atom stereocenters. The number of benzene rings is 1. The summed E-state index contributed by atoms with van der Waals surface area (Å²) in [5, 5.41) is 9.25. The number of carbonyl (C=O) groups is 1. The lowest BCUT2D eigenvalue weighted by Gasteiger charge is -2.58. The van der Waals surface area contributed by atoms with E-state index in [1.165, 1.54) is 31.2 Å². The lowest BCUT2D eigenvalue weighted by atomic mass is 9.46. The van der Waals surface area contributed by atoms with Crippen molar-refractivity contribution in [2.45, 2.75) is 38.0 Å². The third-order valence-electron chi connectivity index (χ3n) is 6.20. The number of carboxylic acid groups (broad SMARTS) is 1. The van der Waals surface area contributed by atoms with Gasteiger partial charge in [-0.05, 0) is 66.8 Å². The topological polar surface area (TPSA) is 37.3 Å². The van der Waals surface area contributed by atoms with Gasteiger partial charge in [-0.25, -0.2) is 0 Å².